The zero-order valence-corrected chi connectivity index (χ0v) is 11.0. The predicted octanol–water partition coefficient (Wildman–Crippen LogP) is 1.58. The van der Waals surface area contributed by atoms with Gasteiger partial charge in [0.05, 0.1) is 5.69 Å². The summed E-state index contributed by atoms with van der Waals surface area (Å²) in [5.74, 6) is 1.57. The van der Waals surface area contributed by atoms with Gasteiger partial charge < -0.3 is 10.1 Å². The highest BCUT2D eigenvalue weighted by atomic mass is 16.5. The van der Waals surface area contributed by atoms with E-state index in [0.717, 1.165) is 57.8 Å². The summed E-state index contributed by atoms with van der Waals surface area (Å²) in [5.41, 5.74) is 3.87. The second kappa shape index (κ2) is 5.33. The van der Waals surface area contributed by atoms with Crippen LogP contribution in [0.4, 0.5) is 0 Å². The molecule has 4 heteroatoms. The van der Waals surface area contributed by atoms with E-state index in [4.69, 9.17) is 14.7 Å². The smallest absolute Gasteiger partial charge is 0.132 e. The average molecular weight is 247 g/mol. The van der Waals surface area contributed by atoms with Gasteiger partial charge in [0.2, 0.25) is 0 Å². The molecule has 0 aromatic carbocycles. The summed E-state index contributed by atoms with van der Waals surface area (Å²) < 4.78 is 5.42. The minimum Gasteiger partial charge on any atom is -0.381 e. The van der Waals surface area contributed by atoms with Gasteiger partial charge >= 0.3 is 0 Å². The van der Waals surface area contributed by atoms with Crippen molar-refractivity contribution in [3.63, 3.8) is 0 Å². The molecular weight excluding hydrogens is 226 g/mol. The quantitative estimate of drug-likeness (QED) is 0.862. The van der Waals surface area contributed by atoms with Crippen LogP contribution in [0.25, 0.3) is 0 Å². The lowest BCUT2D eigenvalue weighted by Crippen LogP contribution is -2.28. The summed E-state index contributed by atoms with van der Waals surface area (Å²) >= 11 is 0. The van der Waals surface area contributed by atoms with E-state index in [2.05, 4.69) is 12.2 Å². The Morgan fingerprint density at radius 2 is 2.11 bits per heavy atom. The molecular formula is C14H21N3O. The summed E-state index contributed by atoms with van der Waals surface area (Å²) in [4.78, 5) is 9.66. The zero-order chi connectivity index (χ0) is 12.4. The molecule has 0 bridgehead atoms. The molecule has 0 spiro atoms. The molecule has 1 aromatic heterocycles. The largest absolute Gasteiger partial charge is 0.381 e. The van der Waals surface area contributed by atoms with E-state index in [0.29, 0.717) is 5.92 Å². The number of aryl methyl sites for hydroxylation is 1. The molecule has 0 unspecified atom stereocenters. The van der Waals surface area contributed by atoms with Gasteiger partial charge in [0.15, 0.2) is 0 Å². The lowest BCUT2D eigenvalue weighted by atomic mass is 9.97. The molecule has 1 saturated heterocycles. The van der Waals surface area contributed by atoms with E-state index < -0.39 is 0 Å². The van der Waals surface area contributed by atoms with Crippen molar-refractivity contribution < 1.29 is 4.74 Å². The third-order valence-corrected chi connectivity index (χ3v) is 3.96. The van der Waals surface area contributed by atoms with Crippen molar-refractivity contribution in [3.05, 3.63) is 22.8 Å². The number of aromatic nitrogens is 2. The van der Waals surface area contributed by atoms with Gasteiger partial charge in [0.25, 0.3) is 0 Å². The highest BCUT2D eigenvalue weighted by molar-refractivity contribution is 5.29. The van der Waals surface area contributed by atoms with Crippen LogP contribution in [0.3, 0.4) is 0 Å². The number of rotatable bonds is 2. The fraction of sp³-hybridized carbons (Fsp3) is 0.714. The molecule has 0 saturated carbocycles. The Morgan fingerprint density at radius 1 is 1.28 bits per heavy atom. The maximum absolute atomic E-state index is 5.42. The first-order valence-electron chi connectivity index (χ1n) is 7.05. The summed E-state index contributed by atoms with van der Waals surface area (Å²) in [5, 5.41) is 3.41. The number of hydrogen-bond acceptors (Lipinski definition) is 4. The average Bonchev–Trinajstić information content (AvgIpc) is 2.47. The third-order valence-electron chi connectivity index (χ3n) is 3.96. The maximum atomic E-state index is 5.42. The molecule has 0 amide bonds. The van der Waals surface area contributed by atoms with Crippen LogP contribution >= 0.6 is 0 Å². The summed E-state index contributed by atoms with van der Waals surface area (Å²) in [6.07, 6.45) is 4.18. The molecule has 4 nitrogen and oxygen atoms in total. The third kappa shape index (κ3) is 2.27. The molecule has 1 N–H and O–H groups in total. The van der Waals surface area contributed by atoms with Crippen molar-refractivity contribution in [2.75, 3.05) is 19.8 Å². The number of fused-ring (bicyclic) bond motifs is 1. The molecule has 0 atom stereocenters. The highest BCUT2D eigenvalue weighted by Gasteiger charge is 2.22. The van der Waals surface area contributed by atoms with Crippen LogP contribution in [-0.2, 0) is 24.1 Å². The van der Waals surface area contributed by atoms with Crippen LogP contribution in [-0.4, -0.2) is 29.7 Å². The second-order valence-electron chi connectivity index (χ2n) is 5.12. The highest BCUT2D eigenvalue weighted by Crippen LogP contribution is 2.26. The number of hydrogen-bond donors (Lipinski definition) is 1. The van der Waals surface area contributed by atoms with Crippen molar-refractivity contribution in [3.8, 4) is 0 Å². The molecule has 18 heavy (non-hydrogen) atoms. The lowest BCUT2D eigenvalue weighted by molar-refractivity contribution is 0.0834. The molecule has 3 heterocycles. The van der Waals surface area contributed by atoms with Gasteiger partial charge in [-0.1, -0.05) is 6.92 Å². The van der Waals surface area contributed by atoms with Crippen LogP contribution in [0.1, 0.15) is 48.5 Å². The zero-order valence-electron chi connectivity index (χ0n) is 11.0. The van der Waals surface area contributed by atoms with Crippen molar-refractivity contribution in [2.45, 2.75) is 45.1 Å². The van der Waals surface area contributed by atoms with Crippen LogP contribution in [0, 0.1) is 0 Å². The Bertz CT molecular complexity index is 410. The lowest BCUT2D eigenvalue weighted by Gasteiger charge is -2.24. The van der Waals surface area contributed by atoms with Gasteiger partial charge in [-0.05, 0) is 19.3 Å². The number of ether oxygens (including phenoxy) is 1. The van der Waals surface area contributed by atoms with E-state index in [1.807, 2.05) is 0 Å². The van der Waals surface area contributed by atoms with Gasteiger partial charge in [-0.25, -0.2) is 9.97 Å². The fourth-order valence-electron chi connectivity index (χ4n) is 2.86. The standard InChI is InChI=1S/C14H21N3O/c1-2-12-11-9-15-6-3-13(11)17-14(16-12)10-4-7-18-8-5-10/h10,15H,2-9H2,1H3. The summed E-state index contributed by atoms with van der Waals surface area (Å²) in [6, 6.07) is 0. The van der Waals surface area contributed by atoms with Crippen LogP contribution in [0.2, 0.25) is 0 Å². The topological polar surface area (TPSA) is 47.0 Å². The van der Waals surface area contributed by atoms with Crippen LogP contribution < -0.4 is 5.32 Å². The predicted molar refractivity (Wildman–Crippen MR) is 69.6 cm³/mol. The Hall–Kier alpha value is -1.00. The molecule has 0 aliphatic carbocycles. The number of nitrogens with one attached hydrogen (secondary N) is 1. The molecule has 2 aliphatic heterocycles. The Labute approximate surface area is 108 Å². The first kappa shape index (κ1) is 12.1. The Morgan fingerprint density at radius 3 is 2.89 bits per heavy atom. The van der Waals surface area contributed by atoms with Crippen molar-refractivity contribution in [2.24, 2.45) is 0 Å². The monoisotopic (exact) mass is 247 g/mol. The normalized spacial score (nSPS) is 20.7. The van der Waals surface area contributed by atoms with E-state index in [1.165, 1.54) is 17.0 Å². The van der Waals surface area contributed by atoms with E-state index >= 15 is 0 Å². The fourth-order valence-corrected chi connectivity index (χ4v) is 2.86. The Kier molecular flexibility index (Phi) is 3.57. The van der Waals surface area contributed by atoms with E-state index in [1.54, 1.807) is 0 Å². The van der Waals surface area contributed by atoms with Crippen LogP contribution in [0.5, 0.6) is 0 Å². The SMILES string of the molecule is CCc1nc(C2CCOCC2)nc2c1CNCC2. The van der Waals surface area contributed by atoms with Crippen molar-refractivity contribution >= 4 is 0 Å². The summed E-state index contributed by atoms with van der Waals surface area (Å²) in [6.45, 7) is 5.88. The molecule has 2 aliphatic rings. The van der Waals surface area contributed by atoms with Crippen molar-refractivity contribution in [1.82, 2.24) is 15.3 Å². The summed E-state index contributed by atoms with van der Waals surface area (Å²) in [7, 11) is 0. The first-order chi connectivity index (χ1) is 8.88. The molecule has 98 valence electrons. The minimum absolute atomic E-state index is 0.504. The Balaban J connectivity index is 1.94. The van der Waals surface area contributed by atoms with Crippen LogP contribution in [0.15, 0.2) is 0 Å². The van der Waals surface area contributed by atoms with Gasteiger partial charge in [0.1, 0.15) is 5.82 Å². The van der Waals surface area contributed by atoms with E-state index in [9.17, 15) is 0 Å². The van der Waals surface area contributed by atoms with Crippen molar-refractivity contribution in [1.29, 1.82) is 0 Å². The van der Waals surface area contributed by atoms with Gasteiger partial charge in [0, 0.05) is 49.9 Å². The maximum Gasteiger partial charge on any atom is 0.132 e. The van der Waals surface area contributed by atoms with Gasteiger partial charge in [-0.15, -0.1) is 0 Å². The molecule has 1 fully saturated rings. The second-order valence-corrected chi connectivity index (χ2v) is 5.12. The van der Waals surface area contributed by atoms with Gasteiger partial charge in [-0.3, -0.25) is 0 Å². The number of nitrogens with zero attached hydrogens (tertiary/aromatic N) is 2. The molecule has 1 aromatic rings. The van der Waals surface area contributed by atoms with E-state index in [-0.39, 0.29) is 0 Å². The molecule has 3 rings (SSSR count). The first-order valence-corrected chi connectivity index (χ1v) is 7.05. The molecule has 0 radical (unpaired) electrons. The minimum atomic E-state index is 0.504. The van der Waals surface area contributed by atoms with Gasteiger partial charge in [-0.2, -0.15) is 0 Å².